The molecule has 9 heteroatoms. The number of anilines is 1. The van der Waals surface area contributed by atoms with Crippen molar-refractivity contribution in [1.82, 2.24) is 15.1 Å². The maximum absolute atomic E-state index is 12.2. The molecule has 2 aromatic rings. The minimum atomic E-state index is -0.635. The summed E-state index contributed by atoms with van der Waals surface area (Å²) in [6, 6.07) is 9.50. The molecule has 0 atom stereocenters. The molecule has 1 aromatic carbocycles. The predicted molar refractivity (Wildman–Crippen MR) is 116 cm³/mol. The van der Waals surface area contributed by atoms with Gasteiger partial charge in [-0.25, -0.2) is 4.79 Å². The van der Waals surface area contributed by atoms with Gasteiger partial charge >= 0.3 is 13.2 Å². The summed E-state index contributed by atoms with van der Waals surface area (Å²) < 4.78 is 19.2. The quantitative estimate of drug-likeness (QED) is 0.708. The summed E-state index contributed by atoms with van der Waals surface area (Å²) in [4.78, 5) is 12.2. The average molecular weight is 412 g/mol. The average Bonchev–Trinajstić information content (AvgIpc) is 3.12. The maximum Gasteiger partial charge on any atom is 0.492 e. The van der Waals surface area contributed by atoms with E-state index in [1.165, 1.54) is 0 Å². The summed E-state index contributed by atoms with van der Waals surface area (Å²) in [6.45, 7) is 8.28. The first-order valence-corrected chi connectivity index (χ1v) is 9.87. The van der Waals surface area contributed by atoms with Gasteiger partial charge in [-0.2, -0.15) is 5.10 Å². The highest BCUT2D eigenvalue weighted by atomic mass is 16.7. The molecule has 8 nitrogen and oxygen atoms in total. The Morgan fingerprint density at radius 1 is 1.23 bits per heavy atom. The Balaban J connectivity index is 1.72. The van der Waals surface area contributed by atoms with Crippen molar-refractivity contribution in [3.63, 3.8) is 0 Å². The highest BCUT2D eigenvalue weighted by Gasteiger charge is 2.52. The van der Waals surface area contributed by atoms with Crippen molar-refractivity contribution >= 4 is 25.1 Å². The maximum atomic E-state index is 12.2. The number of benzene rings is 1. The van der Waals surface area contributed by atoms with Crippen LogP contribution in [0, 0.1) is 0 Å². The number of hydrogen-bond donors (Lipinski definition) is 2. The number of carbonyl (C=O) groups is 1. The van der Waals surface area contributed by atoms with Crippen LogP contribution in [0.25, 0.3) is 6.08 Å². The summed E-state index contributed by atoms with van der Waals surface area (Å²) in [6.07, 6.45) is 2.97. The van der Waals surface area contributed by atoms with E-state index in [0.717, 1.165) is 11.1 Å². The molecule has 3 N–H and O–H groups in total. The van der Waals surface area contributed by atoms with Crippen LogP contribution in [-0.2, 0) is 27.7 Å². The fraction of sp³-hybridized carbons (Fsp3) is 0.429. The molecule has 0 aliphatic carbocycles. The highest BCUT2D eigenvalue weighted by Crippen LogP contribution is 2.38. The van der Waals surface area contributed by atoms with Gasteiger partial charge in [0.1, 0.15) is 12.4 Å². The van der Waals surface area contributed by atoms with Gasteiger partial charge in [0, 0.05) is 19.2 Å². The Morgan fingerprint density at radius 2 is 1.87 bits per heavy atom. The number of nitrogens with zero attached hydrogens (tertiary/aromatic N) is 2. The molecular weight excluding hydrogens is 383 g/mol. The van der Waals surface area contributed by atoms with Gasteiger partial charge in [-0.05, 0) is 38.7 Å². The molecule has 0 radical (unpaired) electrons. The van der Waals surface area contributed by atoms with Crippen molar-refractivity contribution in [2.24, 2.45) is 7.05 Å². The summed E-state index contributed by atoms with van der Waals surface area (Å²) in [5.41, 5.74) is 7.42. The van der Waals surface area contributed by atoms with Crippen LogP contribution >= 0.6 is 0 Å². The van der Waals surface area contributed by atoms with Crippen molar-refractivity contribution in [3.05, 3.63) is 53.1 Å². The lowest BCUT2D eigenvalue weighted by Crippen LogP contribution is -2.41. The molecule has 1 fully saturated rings. The van der Waals surface area contributed by atoms with Crippen LogP contribution in [0.2, 0.25) is 0 Å². The van der Waals surface area contributed by atoms with Gasteiger partial charge in [-0.3, -0.25) is 4.68 Å². The number of carbonyl (C=O) groups excluding carboxylic acids is 1. The molecule has 1 saturated heterocycles. The first-order valence-electron chi connectivity index (χ1n) is 9.87. The zero-order chi connectivity index (χ0) is 21.9. The van der Waals surface area contributed by atoms with Gasteiger partial charge in [-0.15, -0.1) is 0 Å². The van der Waals surface area contributed by atoms with E-state index in [1.807, 2.05) is 64.1 Å². The molecule has 0 saturated carbocycles. The second-order valence-electron chi connectivity index (χ2n) is 8.33. The Labute approximate surface area is 177 Å². The first kappa shape index (κ1) is 21.9. The second kappa shape index (κ2) is 8.53. The number of nitrogens with one attached hydrogen (secondary N) is 1. The van der Waals surface area contributed by atoms with E-state index in [2.05, 4.69) is 10.4 Å². The number of amides is 1. The molecule has 160 valence electrons. The highest BCUT2D eigenvalue weighted by molar-refractivity contribution is 6.56. The lowest BCUT2D eigenvalue weighted by molar-refractivity contribution is 0.00578. The minimum absolute atomic E-state index is 0.179. The zero-order valence-corrected chi connectivity index (χ0v) is 18.1. The standard InChI is InChI=1S/C21H29BN4O4/c1-20(2)21(3,4)30-22(29-20)17(11-16-12-25-26(5)18(16)23)13-24-19(27)28-14-15-9-7-6-8-10-15/h6-12H,13-14,23H2,1-5H3,(H,24,27). The molecule has 0 unspecified atom stereocenters. The normalized spacial score (nSPS) is 17.8. The molecule has 3 rings (SSSR count). The molecule has 2 heterocycles. The predicted octanol–water partition coefficient (Wildman–Crippen LogP) is 2.94. The van der Waals surface area contributed by atoms with E-state index >= 15 is 0 Å². The summed E-state index contributed by atoms with van der Waals surface area (Å²) in [5.74, 6) is 0.510. The molecule has 0 bridgehead atoms. The van der Waals surface area contributed by atoms with Crippen LogP contribution in [0.1, 0.15) is 38.8 Å². The van der Waals surface area contributed by atoms with E-state index in [-0.39, 0.29) is 13.2 Å². The SMILES string of the molecule is Cn1ncc(C=C(CNC(=O)OCc2ccccc2)B2OC(C)(C)C(C)(C)O2)c1N. The number of ether oxygens (including phenoxy) is 1. The molecule has 1 amide bonds. The van der Waals surface area contributed by atoms with Gasteiger partial charge < -0.3 is 25.1 Å². The lowest BCUT2D eigenvalue weighted by atomic mass is 9.77. The van der Waals surface area contributed by atoms with Crippen LogP contribution in [0.15, 0.2) is 42.0 Å². The zero-order valence-electron chi connectivity index (χ0n) is 18.1. The number of alkyl carbamates (subject to hydrolysis) is 1. The number of nitrogen functional groups attached to an aromatic ring is 1. The summed E-state index contributed by atoms with van der Waals surface area (Å²) in [7, 11) is 1.13. The third-order valence-electron chi connectivity index (χ3n) is 5.56. The van der Waals surface area contributed by atoms with E-state index in [9.17, 15) is 4.79 Å². The van der Waals surface area contributed by atoms with E-state index in [0.29, 0.717) is 11.3 Å². The van der Waals surface area contributed by atoms with Gasteiger partial charge in [0.05, 0.1) is 17.4 Å². The smallest absolute Gasteiger partial charge is 0.445 e. The fourth-order valence-electron chi connectivity index (χ4n) is 2.92. The van der Waals surface area contributed by atoms with Crippen LogP contribution in [0.4, 0.5) is 10.6 Å². The second-order valence-corrected chi connectivity index (χ2v) is 8.33. The van der Waals surface area contributed by atoms with Crippen molar-refractivity contribution in [3.8, 4) is 0 Å². The first-order chi connectivity index (χ1) is 14.1. The van der Waals surface area contributed by atoms with Crippen molar-refractivity contribution < 1.29 is 18.8 Å². The third kappa shape index (κ3) is 4.85. The van der Waals surface area contributed by atoms with Crippen LogP contribution < -0.4 is 11.1 Å². The fourth-order valence-corrected chi connectivity index (χ4v) is 2.92. The minimum Gasteiger partial charge on any atom is -0.445 e. The van der Waals surface area contributed by atoms with Crippen LogP contribution in [0.5, 0.6) is 0 Å². The van der Waals surface area contributed by atoms with E-state index in [4.69, 9.17) is 19.8 Å². The van der Waals surface area contributed by atoms with Crippen LogP contribution in [0.3, 0.4) is 0 Å². The monoisotopic (exact) mass is 412 g/mol. The molecule has 1 aliphatic rings. The van der Waals surface area contributed by atoms with Crippen molar-refractivity contribution in [2.45, 2.75) is 45.5 Å². The largest absolute Gasteiger partial charge is 0.492 e. The third-order valence-corrected chi connectivity index (χ3v) is 5.56. The molecule has 1 aliphatic heterocycles. The van der Waals surface area contributed by atoms with E-state index < -0.39 is 24.4 Å². The van der Waals surface area contributed by atoms with Gasteiger partial charge in [0.2, 0.25) is 0 Å². The van der Waals surface area contributed by atoms with Crippen molar-refractivity contribution in [1.29, 1.82) is 0 Å². The number of nitrogens with two attached hydrogens (primary N) is 1. The Hall–Kier alpha value is -2.78. The van der Waals surface area contributed by atoms with Gasteiger partial charge in [0.25, 0.3) is 0 Å². The topological polar surface area (TPSA) is 101 Å². The number of aryl methyl sites for hydroxylation is 1. The molecule has 0 spiro atoms. The number of hydrogen-bond acceptors (Lipinski definition) is 6. The van der Waals surface area contributed by atoms with Gasteiger partial charge in [0.15, 0.2) is 0 Å². The molecule has 30 heavy (non-hydrogen) atoms. The van der Waals surface area contributed by atoms with Crippen molar-refractivity contribution in [2.75, 3.05) is 12.3 Å². The molecule has 1 aromatic heterocycles. The molecular formula is C21H29BN4O4. The van der Waals surface area contributed by atoms with E-state index in [1.54, 1.807) is 17.9 Å². The number of aromatic nitrogens is 2. The Morgan fingerprint density at radius 3 is 2.43 bits per heavy atom. The summed E-state index contributed by atoms with van der Waals surface area (Å²) >= 11 is 0. The lowest BCUT2D eigenvalue weighted by Gasteiger charge is -2.32. The number of rotatable bonds is 6. The van der Waals surface area contributed by atoms with Crippen LogP contribution in [-0.4, -0.2) is 40.7 Å². The Kier molecular flexibility index (Phi) is 6.23. The summed E-state index contributed by atoms with van der Waals surface area (Å²) in [5, 5.41) is 6.94. The van der Waals surface area contributed by atoms with Gasteiger partial charge in [-0.1, -0.05) is 36.4 Å². The Bertz CT molecular complexity index is 908.